The smallest absolute Gasteiger partial charge is 0.222 e. The Hall–Kier alpha value is -1.07. The number of carbonyl (C=O) groups excluding carboxylic acids is 1. The SMILES string of the molecule is CNCc1ccc(Br)cc1N1CCCC(C(N)=O)C1. The molecule has 1 atom stereocenters. The molecule has 0 saturated carbocycles. The molecule has 19 heavy (non-hydrogen) atoms. The second-order valence-corrected chi connectivity index (χ2v) is 5.91. The molecule has 5 heteroatoms. The second-order valence-electron chi connectivity index (χ2n) is 4.99. The monoisotopic (exact) mass is 325 g/mol. The second kappa shape index (κ2) is 6.39. The van der Waals surface area contributed by atoms with E-state index in [1.165, 1.54) is 11.3 Å². The van der Waals surface area contributed by atoms with Crippen LogP contribution in [0.2, 0.25) is 0 Å². The van der Waals surface area contributed by atoms with E-state index in [0.717, 1.165) is 36.9 Å². The van der Waals surface area contributed by atoms with Gasteiger partial charge in [-0.05, 0) is 37.6 Å². The summed E-state index contributed by atoms with van der Waals surface area (Å²) >= 11 is 3.52. The minimum Gasteiger partial charge on any atom is -0.370 e. The lowest BCUT2D eigenvalue weighted by Gasteiger charge is -2.34. The Morgan fingerprint density at radius 1 is 1.58 bits per heavy atom. The summed E-state index contributed by atoms with van der Waals surface area (Å²) in [7, 11) is 1.94. The summed E-state index contributed by atoms with van der Waals surface area (Å²) in [5, 5.41) is 3.18. The van der Waals surface area contributed by atoms with Crippen molar-refractivity contribution in [2.24, 2.45) is 11.7 Å². The topological polar surface area (TPSA) is 58.4 Å². The number of nitrogens with two attached hydrogens (primary N) is 1. The third kappa shape index (κ3) is 3.48. The van der Waals surface area contributed by atoms with Gasteiger partial charge in [0.25, 0.3) is 0 Å². The molecule has 0 bridgehead atoms. The molecule has 1 aromatic carbocycles. The van der Waals surface area contributed by atoms with Crippen molar-refractivity contribution in [2.45, 2.75) is 19.4 Å². The van der Waals surface area contributed by atoms with Gasteiger partial charge in [0.2, 0.25) is 5.91 Å². The molecule has 1 aliphatic heterocycles. The fourth-order valence-corrected chi connectivity index (χ4v) is 2.95. The van der Waals surface area contributed by atoms with Gasteiger partial charge in [-0.3, -0.25) is 4.79 Å². The highest BCUT2D eigenvalue weighted by Gasteiger charge is 2.25. The van der Waals surface area contributed by atoms with Crippen LogP contribution in [0.5, 0.6) is 0 Å². The Kier molecular flexibility index (Phi) is 4.82. The van der Waals surface area contributed by atoms with Gasteiger partial charge in [0.1, 0.15) is 0 Å². The van der Waals surface area contributed by atoms with E-state index in [9.17, 15) is 4.79 Å². The van der Waals surface area contributed by atoms with Gasteiger partial charge in [0.05, 0.1) is 5.92 Å². The van der Waals surface area contributed by atoms with Crippen LogP contribution in [0.3, 0.4) is 0 Å². The molecule has 1 aliphatic rings. The van der Waals surface area contributed by atoms with Gasteiger partial charge in [-0.25, -0.2) is 0 Å². The zero-order valence-corrected chi connectivity index (χ0v) is 12.7. The number of carbonyl (C=O) groups is 1. The normalized spacial score (nSPS) is 19.5. The zero-order chi connectivity index (χ0) is 13.8. The van der Waals surface area contributed by atoms with Crippen LogP contribution in [0.4, 0.5) is 5.69 Å². The summed E-state index contributed by atoms with van der Waals surface area (Å²) in [4.78, 5) is 13.7. The van der Waals surface area contributed by atoms with Crippen molar-refractivity contribution in [3.05, 3.63) is 28.2 Å². The van der Waals surface area contributed by atoms with Gasteiger partial charge in [0, 0.05) is 29.8 Å². The van der Waals surface area contributed by atoms with Crippen LogP contribution in [-0.4, -0.2) is 26.0 Å². The summed E-state index contributed by atoms with van der Waals surface area (Å²) in [6, 6.07) is 6.28. The first-order chi connectivity index (χ1) is 9.11. The van der Waals surface area contributed by atoms with Crippen LogP contribution >= 0.6 is 15.9 Å². The maximum Gasteiger partial charge on any atom is 0.222 e. The lowest BCUT2D eigenvalue weighted by atomic mass is 9.96. The maximum atomic E-state index is 11.4. The largest absolute Gasteiger partial charge is 0.370 e. The summed E-state index contributed by atoms with van der Waals surface area (Å²) in [5.74, 6) is -0.218. The molecule has 0 aromatic heterocycles. The average Bonchev–Trinajstić information content (AvgIpc) is 2.41. The molecule has 1 heterocycles. The summed E-state index contributed by atoms with van der Waals surface area (Å²) < 4.78 is 1.06. The summed E-state index contributed by atoms with van der Waals surface area (Å²) in [6.45, 7) is 2.53. The van der Waals surface area contributed by atoms with E-state index in [-0.39, 0.29) is 11.8 Å². The Morgan fingerprint density at radius 2 is 2.37 bits per heavy atom. The molecule has 0 spiro atoms. The Labute approximate surface area is 122 Å². The lowest BCUT2D eigenvalue weighted by Crippen LogP contribution is -2.41. The first-order valence-electron chi connectivity index (χ1n) is 6.59. The minimum absolute atomic E-state index is 0.0323. The molecule has 0 aliphatic carbocycles. The molecular formula is C14H20BrN3O. The number of hydrogen-bond donors (Lipinski definition) is 2. The van der Waals surface area contributed by atoms with E-state index < -0.39 is 0 Å². The third-order valence-electron chi connectivity index (χ3n) is 3.58. The van der Waals surface area contributed by atoms with Crippen LogP contribution in [0.1, 0.15) is 18.4 Å². The van der Waals surface area contributed by atoms with Crippen LogP contribution < -0.4 is 16.0 Å². The van der Waals surface area contributed by atoms with E-state index in [4.69, 9.17) is 5.73 Å². The standard InChI is InChI=1S/C14H20BrN3O/c1-17-8-10-4-5-12(15)7-13(10)18-6-2-3-11(9-18)14(16)19/h4-5,7,11,17H,2-3,6,8-9H2,1H3,(H2,16,19). The van der Waals surface area contributed by atoms with Crippen molar-refractivity contribution in [1.29, 1.82) is 0 Å². The Bertz CT molecular complexity index is 464. The van der Waals surface area contributed by atoms with Crippen molar-refractivity contribution in [3.63, 3.8) is 0 Å². The highest BCUT2D eigenvalue weighted by molar-refractivity contribution is 9.10. The summed E-state index contributed by atoms with van der Waals surface area (Å²) in [5.41, 5.74) is 7.88. The number of hydrogen-bond acceptors (Lipinski definition) is 3. The maximum absolute atomic E-state index is 11.4. The van der Waals surface area contributed by atoms with E-state index in [0.29, 0.717) is 0 Å². The molecule has 2 rings (SSSR count). The number of rotatable bonds is 4. The molecule has 104 valence electrons. The molecule has 1 amide bonds. The average molecular weight is 326 g/mol. The fourth-order valence-electron chi connectivity index (χ4n) is 2.60. The number of primary amides is 1. The molecule has 1 fully saturated rings. The number of benzene rings is 1. The van der Waals surface area contributed by atoms with Crippen molar-refractivity contribution in [3.8, 4) is 0 Å². The van der Waals surface area contributed by atoms with Crippen LogP contribution in [-0.2, 0) is 11.3 Å². The number of halogens is 1. The van der Waals surface area contributed by atoms with Gasteiger partial charge < -0.3 is 16.0 Å². The first kappa shape index (κ1) is 14.3. The molecule has 3 N–H and O–H groups in total. The third-order valence-corrected chi connectivity index (χ3v) is 4.07. The summed E-state index contributed by atoms with van der Waals surface area (Å²) in [6.07, 6.45) is 1.92. The van der Waals surface area contributed by atoms with Crippen molar-refractivity contribution in [1.82, 2.24) is 5.32 Å². The quantitative estimate of drug-likeness (QED) is 0.888. The van der Waals surface area contributed by atoms with Crippen LogP contribution in [0, 0.1) is 5.92 Å². The van der Waals surface area contributed by atoms with Crippen molar-refractivity contribution < 1.29 is 4.79 Å². The van der Waals surface area contributed by atoms with E-state index in [1.807, 2.05) is 13.1 Å². The number of anilines is 1. The van der Waals surface area contributed by atoms with E-state index in [2.05, 4.69) is 38.3 Å². The highest BCUT2D eigenvalue weighted by Crippen LogP contribution is 2.29. The molecule has 1 aromatic rings. The number of amides is 1. The van der Waals surface area contributed by atoms with Crippen LogP contribution in [0.25, 0.3) is 0 Å². The molecule has 1 saturated heterocycles. The van der Waals surface area contributed by atoms with Crippen molar-refractivity contribution in [2.75, 3.05) is 25.0 Å². The fraction of sp³-hybridized carbons (Fsp3) is 0.500. The number of nitrogens with one attached hydrogen (secondary N) is 1. The van der Waals surface area contributed by atoms with Gasteiger partial charge in [-0.15, -0.1) is 0 Å². The van der Waals surface area contributed by atoms with E-state index >= 15 is 0 Å². The lowest BCUT2D eigenvalue weighted by molar-refractivity contribution is -0.122. The van der Waals surface area contributed by atoms with Crippen molar-refractivity contribution >= 4 is 27.5 Å². The first-order valence-corrected chi connectivity index (χ1v) is 7.38. The molecule has 1 unspecified atom stereocenters. The zero-order valence-electron chi connectivity index (χ0n) is 11.2. The predicted molar refractivity (Wildman–Crippen MR) is 81.0 cm³/mol. The highest BCUT2D eigenvalue weighted by atomic mass is 79.9. The van der Waals surface area contributed by atoms with Gasteiger partial charge in [-0.2, -0.15) is 0 Å². The Morgan fingerprint density at radius 3 is 3.05 bits per heavy atom. The Balaban J connectivity index is 2.24. The van der Waals surface area contributed by atoms with E-state index in [1.54, 1.807) is 0 Å². The molecular weight excluding hydrogens is 306 g/mol. The molecule has 0 radical (unpaired) electrons. The molecule has 4 nitrogen and oxygen atoms in total. The van der Waals surface area contributed by atoms with Gasteiger partial charge in [-0.1, -0.05) is 22.0 Å². The van der Waals surface area contributed by atoms with Gasteiger partial charge in [0.15, 0.2) is 0 Å². The predicted octanol–water partition coefficient (Wildman–Crippen LogP) is 1.87. The van der Waals surface area contributed by atoms with Gasteiger partial charge >= 0.3 is 0 Å². The number of piperidine rings is 1. The number of nitrogens with zero attached hydrogens (tertiary/aromatic N) is 1. The van der Waals surface area contributed by atoms with Crippen LogP contribution in [0.15, 0.2) is 22.7 Å². The minimum atomic E-state index is -0.185.